The maximum Gasteiger partial charge on any atom is 0.279 e. The summed E-state index contributed by atoms with van der Waals surface area (Å²) in [6.45, 7) is 0.514. The first-order chi connectivity index (χ1) is 10.7. The molecule has 5 nitrogen and oxygen atoms in total. The van der Waals surface area contributed by atoms with E-state index < -0.39 is 0 Å². The van der Waals surface area contributed by atoms with Crippen LogP contribution in [0.1, 0.15) is 37.7 Å². The lowest BCUT2D eigenvalue weighted by atomic mass is 9.87. The number of carbonyl (C=O) groups excluding carboxylic acids is 2. The van der Waals surface area contributed by atoms with Crippen molar-refractivity contribution in [2.45, 2.75) is 56.8 Å². The topological polar surface area (TPSA) is 74.8 Å². The molecular weight excluding hydrogens is 278 g/mol. The molecule has 2 amide bonds. The van der Waals surface area contributed by atoms with Crippen molar-refractivity contribution < 1.29 is 14.9 Å². The number of quaternary nitrogens is 1. The number of carbonyl (C=O) groups is 2. The predicted octanol–water partition coefficient (Wildman–Crippen LogP) is 0.0659. The Morgan fingerprint density at radius 2 is 2.00 bits per heavy atom. The van der Waals surface area contributed by atoms with Crippen molar-refractivity contribution in [3.8, 4) is 0 Å². The molecule has 5 heteroatoms. The second kappa shape index (κ2) is 6.92. The highest BCUT2D eigenvalue weighted by Crippen LogP contribution is 2.18. The molecule has 3 rings (SSSR count). The van der Waals surface area contributed by atoms with E-state index in [2.05, 4.69) is 16.0 Å². The first-order valence-corrected chi connectivity index (χ1v) is 8.18. The van der Waals surface area contributed by atoms with Gasteiger partial charge in [-0.3, -0.25) is 9.59 Å². The van der Waals surface area contributed by atoms with Gasteiger partial charge in [-0.2, -0.15) is 0 Å². The molecule has 2 fully saturated rings. The highest BCUT2D eigenvalue weighted by atomic mass is 16.2. The van der Waals surface area contributed by atoms with Crippen molar-refractivity contribution in [3.63, 3.8) is 0 Å². The molecular formula is C17H24N3O2+. The zero-order chi connectivity index (χ0) is 15.4. The number of rotatable bonds is 4. The maximum absolute atomic E-state index is 12.1. The van der Waals surface area contributed by atoms with E-state index in [1.54, 1.807) is 0 Å². The molecule has 1 saturated carbocycles. The highest BCUT2D eigenvalue weighted by Gasteiger charge is 2.40. The van der Waals surface area contributed by atoms with E-state index in [1.807, 2.05) is 30.3 Å². The Kier molecular flexibility index (Phi) is 4.73. The third kappa shape index (κ3) is 3.65. The minimum Gasteiger partial charge on any atom is -0.352 e. The van der Waals surface area contributed by atoms with E-state index in [4.69, 9.17) is 0 Å². The maximum atomic E-state index is 12.1. The van der Waals surface area contributed by atoms with E-state index in [0.717, 1.165) is 18.4 Å². The molecule has 0 spiro atoms. The molecule has 1 aromatic carbocycles. The van der Waals surface area contributed by atoms with Gasteiger partial charge < -0.3 is 16.0 Å². The average Bonchev–Trinajstić information content (AvgIpc) is 2.55. The van der Waals surface area contributed by atoms with Crippen LogP contribution in [0.4, 0.5) is 0 Å². The Morgan fingerprint density at radius 1 is 1.23 bits per heavy atom. The van der Waals surface area contributed by atoms with Gasteiger partial charge in [-0.05, 0) is 18.4 Å². The van der Waals surface area contributed by atoms with Crippen molar-refractivity contribution in [3.05, 3.63) is 35.9 Å². The zero-order valence-corrected chi connectivity index (χ0v) is 12.8. The lowest BCUT2D eigenvalue weighted by molar-refractivity contribution is -0.718. The Bertz CT molecular complexity index is 532. The lowest BCUT2D eigenvalue weighted by Gasteiger charge is -2.37. The number of hydrogen-bond donors (Lipinski definition) is 3. The molecule has 0 aromatic heterocycles. The molecule has 3 atom stereocenters. The third-order valence-electron chi connectivity index (χ3n) is 4.70. The van der Waals surface area contributed by atoms with Gasteiger partial charge in [0.25, 0.3) is 5.91 Å². The quantitative estimate of drug-likeness (QED) is 0.736. The Balaban J connectivity index is 1.49. The SMILES string of the molecule is O=C(C[C@@H]1[NH2+][C@H]2CCCC[C@H]2NC1=O)NCc1ccccc1. The molecule has 0 bridgehead atoms. The fourth-order valence-corrected chi connectivity index (χ4v) is 3.47. The number of amides is 2. The second-order valence-corrected chi connectivity index (χ2v) is 6.33. The van der Waals surface area contributed by atoms with Crippen LogP contribution in [0.15, 0.2) is 30.3 Å². The molecule has 22 heavy (non-hydrogen) atoms. The molecule has 2 aliphatic rings. The molecule has 0 unspecified atom stereocenters. The van der Waals surface area contributed by atoms with Crippen LogP contribution < -0.4 is 16.0 Å². The summed E-state index contributed by atoms with van der Waals surface area (Å²) in [6.07, 6.45) is 4.87. The highest BCUT2D eigenvalue weighted by molar-refractivity contribution is 5.87. The molecule has 1 aromatic rings. The van der Waals surface area contributed by atoms with Crippen LogP contribution in [0, 0.1) is 0 Å². The van der Waals surface area contributed by atoms with E-state index in [-0.39, 0.29) is 24.3 Å². The molecule has 4 N–H and O–H groups in total. The van der Waals surface area contributed by atoms with Gasteiger partial charge in [-0.1, -0.05) is 36.8 Å². The molecule has 1 saturated heterocycles. The summed E-state index contributed by atoms with van der Waals surface area (Å²) in [4.78, 5) is 24.2. The monoisotopic (exact) mass is 302 g/mol. The lowest BCUT2D eigenvalue weighted by Crippen LogP contribution is -3.03. The van der Waals surface area contributed by atoms with Crippen LogP contribution >= 0.6 is 0 Å². The van der Waals surface area contributed by atoms with Crippen molar-refractivity contribution in [1.82, 2.24) is 10.6 Å². The van der Waals surface area contributed by atoms with Crippen LogP contribution in [0.3, 0.4) is 0 Å². The Labute approximate surface area is 130 Å². The fourth-order valence-electron chi connectivity index (χ4n) is 3.47. The summed E-state index contributed by atoms with van der Waals surface area (Å²) in [5, 5.41) is 8.11. The van der Waals surface area contributed by atoms with Crippen molar-refractivity contribution in [1.29, 1.82) is 0 Å². The van der Waals surface area contributed by atoms with Crippen LogP contribution in [0.25, 0.3) is 0 Å². The number of benzene rings is 1. The minimum atomic E-state index is -0.282. The van der Waals surface area contributed by atoms with Gasteiger partial charge in [0.1, 0.15) is 6.04 Å². The predicted molar refractivity (Wildman–Crippen MR) is 82.8 cm³/mol. The smallest absolute Gasteiger partial charge is 0.279 e. The normalized spacial score (nSPS) is 27.6. The number of piperazine rings is 1. The Hall–Kier alpha value is -1.88. The zero-order valence-electron chi connectivity index (χ0n) is 12.8. The third-order valence-corrected chi connectivity index (χ3v) is 4.70. The number of fused-ring (bicyclic) bond motifs is 1. The summed E-state index contributed by atoms with van der Waals surface area (Å²) >= 11 is 0. The molecule has 0 radical (unpaired) electrons. The van der Waals surface area contributed by atoms with Gasteiger partial charge in [-0.15, -0.1) is 0 Å². The van der Waals surface area contributed by atoms with Gasteiger partial charge in [0.2, 0.25) is 5.91 Å². The van der Waals surface area contributed by atoms with E-state index >= 15 is 0 Å². The van der Waals surface area contributed by atoms with Crippen molar-refractivity contribution >= 4 is 11.8 Å². The summed E-state index contributed by atoms with van der Waals surface area (Å²) in [7, 11) is 0. The van der Waals surface area contributed by atoms with Crippen molar-refractivity contribution in [2.24, 2.45) is 0 Å². The van der Waals surface area contributed by atoms with Gasteiger partial charge in [-0.25, -0.2) is 0 Å². The first-order valence-electron chi connectivity index (χ1n) is 8.18. The Morgan fingerprint density at radius 3 is 2.82 bits per heavy atom. The largest absolute Gasteiger partial charge is 0.352 e. The van der Waals surface area contributed by atoms with Crippen LogP contribution in [-0.4, -0.2) is 29.9 Å². The van der Waals surface area contributed by atoms with Crippen LogP contribution in [-0.2, 0) is 16.1 Å². The van der Waals surface area contributed by atoms with Crippen LogP contribution in [0.2, 0.25) is 0 Å². The first kappa shape index (κ1) is 15.0. The van der Waals surface area contributed by atoms with Gasteiger partial charge in [0.05, 0.1) is 12.5 Å². The van der Waals surface area contributed by atoms with Gasteiger partial charge in [0.15, 0.2) is 6.04 Å². The average molecular weight is 302 g/mol. The summed E-state index contributed by atoms with van der Waals surface area (Å²) in [6, 6.07) is 10.3. The molecule has 1 heterocycles. The number of nitrogens with two attached hydrogens (primary N) is 1. The summed E-state index contributed by atoms with van der Waals surface area (Å²) in [5.74, 6) is -0.0486. The van der Waals surface area contributed by atoms with Crippen LogP contribution in [0.5, 0.6) is 0 Å². The molecule has 118 valence electrons. The number of hydrogen-bond acceptors (Lipinski definition) is 2. The fraction of sp³-hybridized carbons (Fsp3) is 0.529. The van der Waals surface area contributed by atoms with Crippen molar-refractivity contribution in [2.75, 3.05) is 0 Å². The van der Waals surface area contributed by atoms with Gasteiger partial charge in [0, 0.05) is 13.0 Å². The van der Waals surface area contributed by atoms with E-state index in [9.17, 15) is 9.59 Å². The molecule has 1 aliphatic carbocycles. The minimum absolute atomic E-state index is 0.0120. The summed E-state index contributed by atoms with van der Waals surface area (Å²) < 4.78 is 0. The summed E-state index contributed by atoms with van der Waals surface area (Å²) in [5.41, 5.74) is 1.07. The van der Waals surface area contributed by atoms with E-state index in [1.165, 1.54) is 12.8 Å². The standard InChI is InChI=1S/C17H23N3O2/c21-16(18-11-12-6-2-1-3-7-12)10-15-17(22)20-14-9-5-4-8-13(14)19-15/h1-3,6-7,13-15,19H,4-5,8-11H2,(H,18,21)(H,20,22)/p+1/t13-,14+,15-/m0/s1. The van der Waals surface area contributed by atoms with E-state index in [0.29, 0.717) is 18.6 Å². The molecule has 1 aliphatic heterocycles. The number of nitrogens with one attached hydrogen (secondary N) is 2. The van der Waals surface area contributed by atoms with Gasteiger partial charge >= 0.3 is 0 Å². The second-order valence-electron chi connectivity index (χ2n) is 6.33.